The molecule has 1 saturated heterocycles. The summed E-state index contributed by atoms with van der Waals surface area (Å²) in [6.45, 7) is 3.02. The predicted octanol–water partition coefficient (Wildman–Crippen LogP) is 1.39. The Morgan fingerprint density at radius 2 is 2.15 bits per heavy atom. The van der Waals surface area contributed by atoms with Crippen molar-refractivity contribution in [3.8, 4) is 0 Å². The fourth-order valence-electron chi connectivity index (χ4n) is 3.27. The smallest absolute Gasteiger partial charge is 0.254 e. The molecule has 0 spiro atoms. The van der Waals surface area contributed by atoms with Crippen molar-refractivity contribution in [1.82, 2.24) is 15.0 Å². The first-order valence-electron chi connectivity index (χ1n) is 7.40. The lowest BCUT2D eigenvalue weighted by atomic mass is 9.84. The minimum Gasteiger partial charge on any atom is -0.380 e. The van der Waals surface area contributed by atoms with Crippen LogP contribution in [0.15, 0.2) is 4.52 Å². The van der Waals surface area contributed by atoms with Crippen molar-refractivity contribution in [1.29, 1.82) is 0 Å². The van der Waals surface area contributed by atoms with E-state index in [4.69, 9.17) is 4.52 Å². The quantitative estimate of drug-likeness (QED) is 0.885. The number of aliphatic hydroxyl groups is 1. The summed E-state index contributed by atoms with van der Waals surface area (Å²) < 4.78 is 5.19. The van der Waals surface area contributed by atoms with Gasteiger partial charge in [0.05, 0.1) is 5.92 Å². The van der Waals surface area contributed by atoms with Crippen LogP contribution >= 0.6 is 0 Å². The highest BCUT2D eigenvalue weighted by Gasteiger charge is 2.42. The highest BCUT2D eigenvalue weighted by atomic mass is 16.5. The average Bonchev–Trinajstić information content (AvgIpc) is 3.07. The first-order chi connectivity index (χ1) is 9.58. The molecule has 2 aliphatic rings. The molecule has 1 aliphatic heterocycles. The van der Waals surface area contributed by atoms with Crippen LogP contribution in [0, 0.1) is 6.92 Å². The molecule has 1 N–H and O–H groups in total. The predicted molar refractivity (Wildman–Crippen MR) is 71.0 cm³/mol. The maximum Gasteiger partial charge on any atom is 0.254 e. The minimum atomic E-state index is -1.14. The van der Waals surface area contributed by atoms with Crippen LogP contribution in [-0.2, 0) is 4.79 Å². The van der Waals surface area contributed by atoms with Gasteiger partial charge in [0.2, 0.25) is 5.89 Å². The van der Waals surface area contributed by atoms with Crippen molar-refractivity contribution in [3.63, 3.8) is 0 Å². The second-order valence-corrected chi connectivity index (χ2v) is 6.01. The number of hydrogen-bond donors (Lipinski definition) is 1. The summed E-state index contributed by atoms with van der Waals surface area (Å²) >= 11 is 0. The first-order valence-corrected chi connectivity index (χ1v) is 7.40. The third-order valence-corrected chi connectivity index (χ3v) is 4.45. The van der Waals surface area contributed by atoms with Gasteiger partial charge in [0, 0.05) is 13.1 Å². The molecule has 0 aromatic carbocycles. The van der Waals surface area contributed by atoms with Crippen molar-refractivity contribution in [3.05, 3.63) is 11.7 Å². The van der Waals surface area contributed by atoms with Gasteiger partial charge in [0.1, 0.15) is 5.60 Å². The summed E-state index contributed by atoms with van der Waals surface area (Å²) in [4.78, 5) is 18.5. The molecule has 20 heavy (non-hydrogen) atoms. The number of aromatic nitrogens is 2. The Balaban J connectivity index is 1.66. The number of carbonyl (C=O) groups is 1. The zero-order valence-corrected chi connectivity index (χ0v) is 11.8. The Kier molecular flexibility index (Phi) is 3.50. The van der Waals surface area contributed by atoms with E-state index in [1.807, 2.05) is 0 Å². The number of hydrogen-bond acceptors (Lipinski definition) is 5. The Bertz CT molecular complexity index is 494. The Morgan fingerprint density at radius 3 is 2.80 bits per heavy atom. The lowest BCUT2D eigenvalue weighted by Gasteiger charge is -2.34. The van der Waals surface area contributed by atoms with Crippen LogP contribution in [0.25, 0.3) is 0 Å². The standard InChI is InChI=1S/C14H21N3O3/c1-10-15-12(20-16-10)11-5-8-17(9-11)13(18)14(19)6-3-2-4-7-14/h11,19H,2-9H2,1H3. The van der Waals surface area contributed by atoms with E-state index >= 15 is 0 Å². The maximum absolute atomic E-state index is 12.5. The molecule has 1 aromatic rings. The maximum atomic E-state index is 12.5. The van der Waals surface area contributed by atoms with Gasteiger partial charge in [0.25, 0.3) is 5.91 Å². The van der Waals surface area contributed by atoms with Gasteiger partial charge in [-0.3, -0.25) is 4.79 Å². The third-order valence-electron chi connectivity index (χ3n) is 4.45. The molecule has 3 rings (SSSR count). The summed E-state index contributed by atoms with van der Waals surface area (Å²) in [5.41, 5.74) is -1.14. The van der Waals surface area contributed by atoms with E-state index in [1.165, 1.54) is 0 Å². The Hall–Kier alpha value is -1.43. The van der Waals surface area contributed by atoms with Gasteiger partial charge in [-0.15, -0.1) is 0 Å². The molecule has 0 bridgehead atoms. The number of amides is 1. The van der Waals surface area contributed by atoms with Crippen LogP contribution in [0.2, 0.25) is 0 Å². The van der Waals surface area contributed by atoms with Gasteiger partial charge < -0.3 is 14.5 Å². The monoisotopic (exact) mass is 279 g/mol. The van der Waals surface area contributed by atoms with Crippen LogP contribution in [0.4, 0.5) is 0 Å². The normalized spacial score (nSPS) is 25.9. The van der Waals surface area contributed by atoms with Crippen LogP contribution in [0.3, 0.4) is 0 Å². The SMILES string of the molecule is Cc1noc(C2CCN(C(=O)C3(O)CCCCC3)C2)n1. The van der Waals surface area contributed by atoms with Crippen LogP contribution in [-0.4, -0.2) is 44.7 Å². The summed E-state index contributed by atoms with van der Waals surface area (Å²) in [5.74, 6) is 1.22. The van der Waals surface area contributed by atoms with Crippen molar-refractivity contribution in [2.45, 2.75) is 57.0 Å². The fraction of sp³-hybridized carbons (Fsp3) is 0.786. The molecule has 1 saturated carbocycles. The minimum absolute atomic E-state index is 0.104. The van der Waals surface area contributed by atoms with Crippen molar-refractivity contribution < 1.29 is 14.4 Å². The molecule has 6 heteroatoms. The molecule has 1 amide bonds. The molecule has 2 heterocycles. The molecule has 1 aromatic heterocycles. The van der Waals surface area contributed by atoms with Gasteiger partial charge in [-0.25, -0.2) is 0 Å². The van der Waals surface area contributed by atoms with E-state index in [0.29, 0.717) is 37.6 Å². The summed E-state index contributed by atoms with van der Waals surface area (Å²) in [6, 6.07) is 0. The summed E-state index contributed by atoms with van der Waals surface area (Å²) in [6.07, 6.45) is 4.98. The van der Waals surface area contributed by atoms with Gasteiger partial charge in [-0.05, 0) is 26.2 Å². The first kappa shape index (κ1) is 13.5. The second kappa shape index (κ2) is 5.16. The van der Waals surface area contributed by atoms with E-state index in [0.717, 1.165) is 25.7 Å². The van der Waals surface area contributed by atoms with E-state index in [-0.39, 0.29) is 11.8 Å². The molecule has 110 valence electrons. The molecule has 0 radical (unpaired) electrons. The second-order valence-electron chi connectivity index (χ2n) is 6.01. The molecular weight excluding hydrogens is 258 g/mol. The van der Waals surface area contributed by atoms with Crippen LogP contribution in [0.1, 0.15) is 56.2 Å². The molecule has 1 atom stereocenters. The molecule has 1 unspecified atom stereocenters. The highest BCUT2D eigenvalue weighted by molar-refractivity contribution is 5.85. The van der Waals surface area contributed by atoms with Gasteiger partial charge in [-0.1, -0.05) is 24.4 Å². The number of rotatable bonds is 2. The van der Waals surface area contributed by atoms with Crippen molar-refractivity contribution >= 4 is 5.91 Å². The molecule has 1 aliphatic carbocycles. The average molecular weight is 279 g/mol. The lowest BCUT2D eigenvalue weighted by Crippen LogP contribution is -2.49. The number of aryl methyl sites for hydroxylation is 1. The lowest BCUT2D eigenvalue weighted by molar-refractivity contribution is -0.153. The van der Waals surface area contributed by atoms with Crippen molar-refractivity contribution in [2.24, 2.45) is 0 Å². The fourth-order valence-corrected chi connectivity index (χ4v) is 3.27. The topological polar surface area (TPSA) is 79.5 Å². The Morgan fingerprint density at radius 1 is 1.40 bits per heavy atom. The van der Waals surface area contributed by atoms with Crippen molar-refractivity contribution in [2.75, 3.05) is 13.1 Å². The number of likely N-dealkylation sites (tertiary alicyclic amines) is 1. The molecule has 2 fully saturated rings. The highest BCUT2D eigenvalue weighted by Crippen LogP contribution is 2.33. The molecule has 6 nitrogen and oxygen atoms in total. The Labute approximate surface area is 118 Å². The van der Waals surface area contributed by atoms with E-state index in [2.05, 4.69) is 10.1 Å². The van der Waals surface area contributed by atoms with E-state index in [1.54, 1.807) is 11.8 Å². The number of nitrogens with zero attached hydrogens (tertiary/aromatic N) is 3. The third kappa shape index (κ3) is 2.44. The zero-order valence-electron chi connectivity index (χ0n) is 11.8. The van der Waals surface area contributed by atoms with Crippen LogP contribution in [0.5, 0.6) is 0 Å². The zero-order chi connectivity index (χ0) is 14.2. The van der Waals surface area contributed by atoms with Gasteiger partial charge in [-0.2, -0.15) is 4.98 Å². The van der Waals surface area contributed by atoms with Crippen LogP contribution < -0.4 is 0 Å². The van der Waals surface area contributed by atoms with E-state index < -0.39 is 5.60 Å². The number of carbonyl (C=O) groups excluding carboxylic acids is 1. The summed E-state index contributed by atoms with van der Waals surface area (Å²) in [7, 11) is 0. The largest absolute Gasteiger partial charge is 0.380 e. The van der Waals surface area contributed by atoms with Gasteiger partial charge in [0.15, 0.2) is 5.82 Å². The van der Waals surface area contributed by atoms with E-state index in [9.17, 15) is 9.90 Å². The summed E-state index contributed by atoms with van der Waals surface area (Å²) in [5, 5.41) is 14.3. The van der Waals surface area contributed by atoms with Gasteiger partial charge >= 0.3 is 0 Å². The molecular formula is C14H21N3O3.